The number of carbonyl (C=O) groups is 1. The van der Waals surface area contributed by atoms with Gasteiger partial charge in [0.15, 0.2) is 0 Å². The van der Waals surface area contributed by atoms with Crippen LogP contribution in [0.15, 0.2) is 18.2 Å². The number of allylic oxidation sites excluding steroid dienone is 1. The van der Waals surface area contributed by atoms with Crippen molar-refractivity contribution in [2.75, 3.05) is 21.3 Å². The van der Waals surface area contributed by atoms with Crippen LogP contribution in [0.25, 0.3) is 6.08 Å². The summed E-state index contributed by atoms with van der Waals surface area (Å²) in [7, 11) is 4.51. The molecule has 0 aliphatic heterocycles. The van der Waals surface area contributed by atoms with Crippen LogP contribution in [0.2, 0.25) is 0 Å². The molecule has 0 amide bonds. The van der Waals surface area contributed by atoms with Gasteiger partial charge in [0.25, 0.3) is 0 Å². The zero-order chi connectivity index (χ0) is 15.9. The first kappa shape index (κ1) is 16.4. The minimum atomic E-state index is -0.400. The lowest BCUT2D eigenvalue weighted by Crippen LogP contribution is -2.07. The molecule has 1 aromatic rings. The maximum Gasteiger partial charge on any atom is 0.342 e. The molecule has 0 heterocycles. The molecule has 2 rings (SSSR count). The summed E-state index contributed by atoms with van der Waals surface area (Å²) in [4.78, 5) is 12.1. The quantitative estimate of drug-likeness (QED) is 0.769. The minimum absolute atomic E-state index is 0.400. The third kappa shape index (κ3) is 3.81. The first-order valence-corrected chi connectivity index (χ1v) is 7.72. The molecule has 0 atom stereocenters. The van der Waals surface area contributed by atoms with Gasteiger partial charge in [0.1, 0.15) is 17.1 Å². The van der Waals surface area contributed by atoms with Crippen molar-refractivity contribution >= 4 is 12.0 Å². The second-order valence-electron chi connectivity index (χ2n) is 5.54. The summed E-state index contributed by atoms with van der Waals surface area (Å²) in [6.45, 7) is 0. The Morgan fingerprint density at radius 3 is 2.41 bits per heavy atom. The number of ether oxygens (including phenoxy) is 3. The molecule has 1 saturated carbocycles. The number of esters is 1. The number of hydrogen-bond acceptors (Lipinski definition) is 4. The molecule has 0 saturated heterocycles. The Labute approximate surface area is 132 Å². The smallest absolute Gasteiger partial charge is 0.342 e. The van der Waals surface area contributed by atoms with Gasteiger partial charge in [0.2, 0.25) is 0 Å². The van der Waals surface area contributed by atoms with Gasteiger partial charge in [-0.05, 0) is 30.4 Å². The van der Waals surface area contributed by atoms with Gasteiger partial charge in [-0.3, -0.25) is 0 Å². The summed E-state index contributed by atoms with van der Waals surface area (Å²) in [5.41, 5.74) is 1.21. The molecule has 1 aliphatic rings. The van der Waals surface area contributed by atoms with E-state index >= 15 is 0 Å². The summed E-state index contributed by atoms with van der Waals surface area (Å²) in [6, 6.07) is 3.54. The van der Waals surface area contributed by atoms with Crippen molar-refractivity contribution in [1.82, 2.24) is 0 Å². The molecule has 0 aromatic heterocycles. The van der Waals surface area contributed by atoms with E-state index in [0.29, 0.717) is 23.0 Å². The van der Waals surface area contributed by atoms with Crippen LogP contribution in [0.1, 0.15) is 48.0 Å². The molecular formula is C18H24O4. The third-order valence-electron chi connectivity index (χ3n) is 4.15. The second kappa shape index (κ2) is 7.87. The molecule has 4 heteroatoms. The van der Waals surface area contributed by atoms with Gasteiger partial charge < -0.3 is 14.2 Å². The van der Waals surface area contributed by atoms with Crippen LogP contribution in [-0.4, -0.2) is 27.3 Å². The molecule has 4 nitrogen and oxygen atoms in total. The van der Waals surface area contributed by atoms with Crippen molar-refractivity contribution in [3.05, 3.63) is 29.3 Å². The molecule has 0 bridgehead atoms. The van der Waals surface area contributed by atoms with Crippen LogP contribution in [0.3, 0.4) is 0 Å². The van der Waals surface area contributed by atoms with Gasteiger partial charge in [-0.25, -0.2) is 4.79 Å². The number of carbonyl (C=O) groups excluding carboxylic acids is 1. The maximum atomic E-state index is 12.1. The lowest BCUT2D eigenvalue weighted by atomic mass is 9.88. The van der Waals surface area contributed by atoms with E-state index in [1.165, 1.54) is 46.3 Å². The van der Waals surface area contributed by atoms with E-state index in [1.54, 1.807) is 13.2 Å². The first-order chi connectivity index (χ1) is 10.7. The average molecular weight is 304 g/mol. The fourth-order valence-corrected chi connectivity index (χ4v) is 2.91. The van der Waals surface area contributed by atoms with Crippen LogP contribution in [-0.2, 0) is 4.74 Å². The highest BCUT2D eigenvalue weighted by Crippen LogP contribution is 2.32. The molecule has 1 fully saturated rings. The second-order valence-corrected chi connectivity index (χ2v) is 5.54. The highest BCUT2D eigenvalue weighted by atomic mass is 16.5. The zero-order valence-corrected chi connectivity index (χ0v) is 13.6. The topological polar surface area (TPSA) is 44.8 Å². The first-order valence-electron chi connectivity index (χ1n) is 7.72. The normalized spacial score (nSPS) is 15.8. The van der Waals surface area contributed by atoms with Gasteiger partial charge in [0.05, 0.1) is 21.3 Å². The number of benzene rings is 1. The van der Waals surface area contributed by atoms with Crippen molar-refractivity contribution in [1.29, 1.82) is 0 Å². The highest BCUT2D eigenvalue weighted by molar-refractivity contribution is 5.97. The molecule has 1 aliphatic carbocycles. The van der Waals surface area contributed by atoms with E-state index in [4.69, 9.17) is 14.2 Å². The number of hydrogen-bond donors (Lipinski definition) is 0. The Balaban J connectivity index is 2.37. The van der Waals surface area contributed by atoms with Crippen LogP contribution in [0.5, 0.6) is 11.5 Å². The van der Waals surface area contributed by atoms with Crippen LogP contribution in [0.4, 0.5) is 0 Å². The van der Waals surface area contributed by atoms with E-state index in [1.807, 2.05) is 12.1 Å². The fraction of sp³-hybridized carbons (Fsp3) is 0.500. The van der Waals surface area contributed by atoms with Crippen molar-refractivity contribution in [2.24, 2.45) is 5.92 Å². The van der Waals surface area contributed by atoms with E-state index in [9.17, 15) is 4.79 Å². The number of methoxy groups -OCH3 is 3. The lowest BCUT2D eigenvalue weighted by molar-refractivity contribution is 0.0597. The molecule has 0 unspecified atom stereocenters. The lowest BCUT2D eigenvalue weighted by Gasteiger charge is -2.18. The molecule has 22 heavy (non-hydrogen) atoms. The molecule has 120 valence electrons. The summed E-state index contributed by atoms with van der Waals surface area (Å²) < 4.78 is 15.5. The summed E-state index contributed by atoms with van der Waals surface area (Å²) >= 11 is 0. The van der Waals surface area contributed by atoms with E-state index in [-0.39, 0.29) is 0 Å². The van der Waals surface area contributed by atoms with E-state index in [2.05, 4.69) is 6.08 Å². The molecule has 1 aromatic carbocycles. The summed E-state index contributed by atoms with van der Waals surface area (Å²) in [5, 5.41) is 0. The Kier molecular flexibility index (Phi) is 5.87. The molecule has 0 N–H and O–H groups in total. The molecule has 0 spiro atoms. The zero-order valence-electron chi connectivity index (χ0n) is 13.6. The molecular weight excluding hydrogens is 280 g/mol. The van der Waals surface area contributed by atoms with Crippen LogP contribution in [0, 0.1) is 5.92 Å². The van der Waals surface area contributed by atoms with Gasteiger partial charge in [-0.15, -0.1) is 0 Å². The molecule has 0 radical (unpaired) electrons. The van der Waals surface area contributed by atoms with Gasteiger partial charge in [0, 0.05) is 6.07 Å². The third-order valence-corrected chi connectivity index (χ3v) is 4.15. The summed E-state index contributed by atoms with van der Waals surface area (Å²) in [5.74, 6) is 1.31. The van der Waals surface area contributed by atoms with Gasteiger partial charge in [-0.1, -0.05) is 31.4 Å². The van der Waals surface area contributed by atoms with Crippen LogP contribution >= 0.6 is 0 Å². The average Bonchev–Trinajstić information content (AvgIpc) is 2.59. The number of rotatable bonds is 5. The minimum Gasteiger partial charge on any atom is -0.497 e. The van der Waals surface area contributed by atoms with Gasteiger partial charge >= 0.3 is 5.97 Å². The van der Waals surface area contributed by atoms with Gasteiger partial charge in [-0.2, -0.15) is 0 Å². The maximum absolute atomic E-state index is 12.1. The summed E-state index contributed by atoms with van der Waals surface area (Å²) in [6.07, 6.45) is 10.5. The predicted molar refractivity (Wildman–Crippen MR) is 86.5 cm³/mol. The van der Waals surface area contributed by atoms with Crippen molar-refractivity contribution in [3.63, 3.8) is 0 Å². The Bertz CT molecular complexity index is 542. The Morgan fingerprint density at radius 2 is 1.82 bits per heavy atom. The standard InChI is InChI=1S/C18H24O4/c1-20-15-11-14(10-9-13-7-5-4-6-8-13)17(18(19)22-3)16(12-15)21-2/h9-13H,4-8H2,1-3H3/b10-9+. The monoisotopic (exact) mass is 304 g/mol. The fourth-order valence-electron chi connectivity index (χ4n) is 2.91. The van der Waals surface area contributed by atoms with Crippen molar-refractivity contribution in [3.8, 4) is 11.5 Å². The van der Waals surface area contributed by atoms with Crippen molar-refractivity contribution in [2.45, 2.75) is 32.1 Å². The highest BCUT2D eigenvalue weighted by Gasteiger charge is 2.19. The predicted octanol–water partition coefficient (Wildman–Crippen LogP) is 4.08. The van der Waals surface area contributed by atoms with Crippen molar-refractivity contribution < 1.29 is 19.0 Å². The van der Waals surface area contributed by atoms with E-state index < -0.39 is 5.97 Å². The van der Waals surface area contributed by atoms with E-state index in [0.717, 1.165) is 5.56 Å². The SMILES string of the molecule is COC(=O)c1c(/C=C/C2CCCCC2)cc(OC)cc1OC. The van der Waals surface area contributed by atoms with Crippen LogP contribution < -0.4 is 9.47 Å². The Morgan fingerprint density at radius 1 is 1.09 bits per heavy atom. The largest absolute Gasteiger partial charge is 0.497 e. The Hall–Kier alpha value is -1.97.